The predicted octanol–water partition coefficient (Wildman–Crippen LogP) is 13.1. The van der Waals surface area contributed by atoms with Crippen LogP contribution in [0.25, 0.3) is 27.6 Å². The average Bonchev–Trinajstić information content (AvgIpc) is 3.83. The second-order valence-corrected chi connectivity index (χ2v) is 21.0. The molecule has 4 nitrogen and oxygen atoms in total. The Bertz CT molecular complexity index is 2900. The molecular formula is C54H48N4S. The lowest BCUT2D eigenvalue weighted by Gasteiger charge is -2.55. The first-order valence-electron chi connectivity index (χ1n) is 21.0. The molecule has 290 valence electrons. The highest BCUT2D eigenvalue weighted by Gasteiger charge is 2.45. The Morgan fingerprint density at radius 2 is 1.29 bits per heavy atom. The molecule has 5 heteroatoms. The zero-order chi connectivity index (χ0) is 39.6. The summed E-state index contributed by atoms with van der Waals surface area (Å²) in [5.41, 5.74) is 7.12. The summed E-state index contributed by atoms with van der Waals surface area (Å²) in [4.78, 5) is 12.2. The van der Waals surface area contributed by atoms with E-state index in [1.807, 2.05) is 0 Å². The highest BCUT2D eigenvalue weighted by Crippen LogP contribution is 2.79. The van der Waals surface area contributed by atoms with E-state index in [0.29, 0.717) is 0 Å². The number of rotatable bonds is 6. The van der Waals surface area contributed by atoms with Gasteiger partial charge in [-0.05, 0) is 107 Å². The van der Waals surface area contributed by atoms with Crippen molar-refractivity contribution in [3.05, 3.63) is 211 Å². The Kier molecular flexibility index (Phi) is 8.38. The van der Waals surface area contributed by atoms with Crippen molar-refractivity contribution in [2.45, 2.75) is 64.2 Å². The number of nitrogens with zero attached hydrogens (tertiary/aromatic N) is 3. The van der Waals surface area contributed by atoms with Gasteiger partial charge in [-0.1, -0.05) is 145 Å². The van der Waals surface area contributed by atoms with Crippen LogP contribution in [0.15, 0.2) is 219 Å². The van der Waals surface area contributed by atoms with E-state index in [-0.39, 0.29) is 23.4 Å². The number of aliphatic imine (C=N–C) groups is 1. The van der Waals surface area contributed by atoms with Gasteiger partial charge in [0, 0.05) is 33.2 Å². The van der Waals surface area contributed by atoms with Crippen LogP contribution in [-0.4, -0.2) is 27.6 Å². The van der Waals surface area contributed by atoms with Gasteiger partial charge in [0.15, 0.2) is 0 Å². The minimum absolute atomic E-state index is 0.117. The summed E-state index contributed by atoms with van der Waals surface area (Å²) in [5, 5.41) is 6.79. The van der Waals surface area contributed by atoms with Gasteiger partial charge in [-0.25, -0.2) is 4.99 Å². The van der Waals surface area contributed by atoms with Crippen LogP contribution in [0.1, 0.15) is 49.4 Å². The van der Waals surface area contributed by atoms with Crippen LogP contribution in [0.4, 0.5) is 5.69 Å². The van der Waals surface area contributed by atoms with Crippen molar-refractivity contribution in [1.82, 2.24) is 9.88 Å². The van der Waals surface area contributed by atoms with Gasteiger partial charge < -0.3 is 10.2 Å². The van der Waals surface area contributed by atoms with E-state index in [1.54, 1.807) is 0 Å². The van der Waals surface area contributed by atoms with Crippen molar-refractivity contribution < 1.29 is 0 Å². The third kappa shape index (κ3) is 5.24. The number of fused-ring (bicyclic) bond motifs is 6. The zero-order valence-corrected chi connectivity index (χ0v) is 34.2. The third-order valence-corrected chi connectivity index (χ3v) is 19.1. The molecule has 0 saturated carbocycles. The number of aromatic nitrogens is 1. The third-order valence-electron chi connectivity index (χ3n) is 13.4. The maximum atomic E-state index is 5.81. The van der Waals surface area contributed by atoms with E-state index in [1.165, 1.54) is 47.7 Å². The van der Waals surface area contributed by atoms with Crippen molar-refractivity contribution in [2.75, 3.05) is 4.90 Å². The normalized spacial score (nSPS) is 21.8. The molecule has 4 atom stereocenters. The Morgan fingerprint density at radius 1 is 0.661 bits per heavy atom. The molecule has 1 N–H and O–H groups in total. The van der Waals surface area contributed by atoms with Crippen LogP contribution in [0.2, 0.25) is 0 Å². The molecule has 7 aromatic rings. The fourth-order valence-electron chi connectivity index (χ4n) is 10.5. The number of allylic oxidation sites excluding steroid dienone is 3. The molecule has 2 aliphatic carbocycles. The van der Waals surface area contributed by atoms with Gasteiger partial charge in [0.05, 0.1) is 17.1 Å². The lowest BCUT2D eigenvalue weighted by molar-refractivity contribution is 0.632. The number of anilines is 1. The molecule has 59 heavy (non-hydrogen) atoms. The lowest BCUT2D eigenvalue weighted by atomic mass is 9.91. The first-order valence-corrected chi connectivity index (χ1v) is 23.2. The summed E-state index contributed by atoms with van der Waals surface area (Å²) in [6.45, 7) is 2.25. The first kappa shape index (κ1) is 35.7. The molecule has 0 saturated heterocycles. The standard InChI is InChI=1S/C54H48N4S/c1-38-53(57-48-33-16-12-29-44(48)45-30-13-17-34-49(45)57)55-52(56-54(38)58-50-35-18-14-31-46(50)47-32-15-19-36-51(47)58)39-21-20-28-43(37-39)59(2,40-22-6-3-7-23-40,41-24-8-4-9-25-41)42-26-10-5-11-27-42/h3-4,6-10,12-26,28-37,42,44,48,52,56H,2,5,11,27H2,1H3. The van der Waals surface area contributed by atoms with E-state index >= 15 is 0 Å². The molecule has 11 rings (SSSR count). The van der Waals surface area contributed by atoms with Crippen molar-refractivity contribution in [3.63, 3.8) is 0 Å². The van der Waals surface area contributed by atoms with Crippen molar-refractivity contribution in [1.29, 1.82) is 0 Å². The lowest BCUT2D eigenvalue weighted by Crippen LogP contribution is -2.43. The Hall–Kier alpha value is -6.43. The van der Waals surface area contributed by atoms with Crippen molar-refractivity contribution in [3.8, 4) is 0 Å². The molecular weight excluding hydrogens is 737 g/mol. The topological polar surface area (TPSA) is 32.6 Å². The minimum atomic E-state index is -3.01. The first-order chi connectivity index (χ1) is 29.0. The number of hydrogen-bond acceptors (Lipinski definition) is 3. The highest BCUT2D eigenvalue weighted by atomic mass is 32.3. The van der Waals surface area contributed by atoms with Crippen LogP contribution < -0.4 is 10.2 Å². The molecule has 6 aromatic carbocycles. The fourth-order valence-corrected chi connectivity index (χ4v) is 15.9. The zero-order valence-electron chi connectivity index (χ0n) is 33.4. The van der Waals surface area contributed by atoms with Gasteiger partial charge in [0.1, 0.15) is 17.8 Å². The predicted molar refractivity (Wildman–Crippen MR) is 251 cm³/mol. The molecule has 1 aromatic heterocycles. The quantitative estimate of drug-likeness (QED) is 0.135. The van der Waals surface area contributed by atoms with Crippen molar-refractivity contribution >= 4 is 53.8 Å². The average molecular weight is 785 g/mol. The van der Waals surface area contributed by atoms with E-state index in [9.17, 15) is 0 Å². The van der Waals surface area contributed by atoms with Crippen LogP contribution in [0, 0.1) is 0 Å². The van der Waals surface area contributed by atoms with Crippen LogP contribution in [-0.2, 0) is 0 Å². The largest absolute Gasteiger partial charge is 0.345 e. The van der Waals surface area contributed by atoms with Crippen molar-refractivity contribution in [2.24, 2.45) is 4.99 Å². The number of benzene rings is 6. The molecule has 0 bridgehead atoms. The van der Waals surface area contributed by atoms with E-state index < -0.39 is 8.75 Å². The van der Waals surface area contributed by atoms with Gasteiger partial charge in [-0.15, -0.1) is 0 Å². The second-order valence-electron chi connectivity index (χ2n) is 16.4. The summed E-state index contributed by atoms with van der Waals surface area (Å²) < 4.78 is 2.43. The summed E-state index contributed by atoms with van der Waals surface area (Å²) in [6.07, 6.45) is 16.9. The Balaban J connectivity index is 1.16. The van der Waals surface area contributed by atoms with E-state index in [4.69, 9.17) is 10.9 Å². The fraction of sp³-hybridized carbons (Fsp3) is 0.148. The number of nitrogens with one attached hydrogen (secondary N) is 1. The van der Waals surface area contributed by atoms with E-state index in [0.717, 1.165) is 42.1 Å². The molecule has 0 radical (unpaired) electrons. The summed E-state index contributed by atoms with van der Waals surface area (Å²) in [6, 6.07) is 58.2. The molecule has 4 aliphatic rings. The van der Waals surface area contributed by atoms with Gasteiger partial charge in [-0.2, -0.15) is 8.75 Å². The van der Waals surface area contributed by atoms with Gasteiger partial charge >= 0.3 is 0 Å². The number of hydrogen-bond donors (Lipinski definition) is 1. The summed E-state index contributed by atoms with van der Waals surface area (Å²) in [7, 11) is -3.01. The number of amidine groups is 1. The molecule has 0 spiro atoms. The SMILES string of the molecule is C=S(c1ccccc1)(c1ccccc1)(c1cccc(C2N=C(N3c4ccccc4C4C=CC=CC43)C(C)=C(n3c4ccccc4c4ccccc43)N2)c1)C1C=CCCC1. The van der Waals surface area contributed by atoms with Crippen LogP contribution >= 0.6 is 8.75 Å². The second kappa shape index (κ2) is 13.9. The van der Waals surface area contributed by atoms with E-state index in [2.05, 4.69) is 216 Å². The van der Waals surface area contributed by atoms with Crippen LogP contribution in [0.3, 0.4) is 0 Å². The van der Waals surface area contributed by atoms with Gasteiger partial charge in [0.2, 0.25) is 0 Å². The Labute approximate surface area is 347 Å². The molecule has 0 fully saturated rings. The maximum Gasteiger partial charge on any atom is 0.148 e. The molecule has 2 aliphatic heterocycles. The van der Waals surface area contributed by atoms with Gasteiger partial charge in [-0.3, -0.25) is 4.57 Å². The monoisotopic (exact) mass is 784 g/mol. The van der Waals surface area contributed by atoms with Gasteiger partial charge in [0.25, 0.3) is 0 Å². The maximum absolute atomic E-state index is 5.81. The highest BCUT2D eigenvalue weighted by molar-refractivity contribution is 8.47. The van der Waals surface area contributed by atoms with Crippen LogP contribution in [0.5, 0.6) is 0 Å². The smallest absolute Gasteiger partial charge is 0.148 e. The summed E-state index contributed by atoms with van der Waals surface area (Å²) >= 11 is 0. The molecule has 4 unspecified atom stereocenters. The number of para-hydroxylation sites is 3. The summed E-state index contributed by atoms with van der Waals surface area (Å²) in [5.74, 6) is 7.85. The molecule has 0 amide bonds. The Morgan fingerprint density at radius 3 is 1.98 bits per heavy atom. The minimum Gasteiger partial charge on any atom is -0.345 e. The molecule has 3 heterocycles.